The van der Waals surface area contributed by atoms with Crippen molar-refractivity contribution in [2.24, 2.45) is 11.7 Å². The summed E-state index contributed by atoms with van der Waals surface area (Å²) in [4.78, 5) is 16.3. The van der Waals surface area contributed by atoms with E-state index < -0.39 is 0 Å². The SMILES string of the molecule is Cc1cnc(NC(=O)[C@@H]2CCC[C@H](N)C2)cc1I. The van der Waals surface area contributed by atoms with Gasteiger partial charge in [0.1, 0.15) is 5.82 Å². The molecule has 5 heteroatoms. The summed E-state index contributed by atoms with van der Waals surface area (Å²) in [6, 6.07) is 2.07. The molecule has 1 saturated carbocycles. The van der Waals surface area contributed by atoms with Crippen molar-refractivity contribution in [3.63, 3.8) is 0 Å². The summed E-state index contributed by atoms with van der Waals surface area (Å²) < 4.78 is 1.11. The van der Waals surface area contributed by atoms with Gasteiger partial charge in [0.25, 0.3) is 0 Å². The Morgan fingerprint density at radius 1 is 1.56 bits per heavy atom. The summed E-state index contributed by atoms with van der Waals surface area (Å²) >= 11 is 2.24. The van der Waals surface area contributed by atoms with E-state index in [1.807, 2.05) is 13.0 Å². The van der Waals surface area contributed by atoms with Gasteiger partial charge >= 0.3 is 0 Å². The Bertz CT molecular complexity index is 450. The van der Waals surface area contributed by atoms with Gasteiger partial charge in [0.05, 0.1) is 0 Å². The van der Waals surface area contributed by atoms with Crippen LogP contribution in [0.4, 0.5) is 5.82 Å². The highest BCUT2D eigenvalue weighted by Crippen LogP contribution is 2.24. The Morgan fingerprint density at radius 3 is 3.00 bits per heavy atom. The molecule has 2 rings (SSSR count). The average molecular weight is 359 g/mol. The molecule has 1 aromatic rings. The second kappa shape index (κ2) is 5.97. The van der Waals surface area contributed by atoms with E-state index in [-0.39, 0.29) is 17.9 Å². The van der Waals surface area contributed by atoms with Gasteiger partial charge in [-0.2, -0.15) is 0 Å². The lowest BCUT2D eigenvalue weighted by Crippen LogP contribution is -2.34. The molecule has 0 unspecified atom stereocenters. The summed E-state index contributed by atoms with van der Waals surface area (Å²) in [5.74, 6) is 0.723. The van der Waals surface area contributed by atoms with Crippen molar-refractivity contribution in [2.75, 3.05) is 5.32 Å². The summed E-state index contributed by atoms with van der Waals surface area (Å²) in [6.45, 7) is 2.00. The van der Waals surface area contributed by atoms with E-state index in [4.69, 9.17) is 5.73 Å². The molecule has 98 valence electrons. The van der Waals surface area contributed by atoms with Gasteiger partial charge in [-0.1, -0.05) is 6.42 Å². The molecule has 1 aromatic heterocycles. The summed E-state index contributed by atoms with van der Waals surface area (Å²) in [5, 5.41) is 2.89. The lowest BCUT2D eigenvalue weighted by Gasteiger charge is -2.25. The number of hydrogen-bond acceptors (Lipinski definition) is 3. The van der Waals surface area contributed by atoms with Crippen molar-refractivity contribution in [3.05, 3.63) is 21.4 Å². The Balaban J connectivity index is 2.00. The van der Waals surface area contributed by atoms with E-state index in [2.05, 4.69) is 32.9 Å². The quantitative estimate of drug-likeness (QED) is 0.798. The van der Waals surface area contributed by atoms with Crippen LogP contribution in [-0.4, -0.2) is 16.9 Å². The highest BCUT2D eigenvalue weighted by molar-refractivity contribution is 14.1. The molecule has 0 aliphatic heterocycles. The molecule has 1 aliphatic carbocycles. The number of hydrogen-bond donors (Lipinski definition) is 2. The molecule has 1 fully saturated rings. The number of carbonyl (C=O) groups is 1. The Labute approximate surface area is 121 Å². The zero-order valence-electron chi connectivity index (χ0n) is 10.4. The van der Waals surface area contributed by atoms with Gasteiger partial charge in [-0.05, 0) is 60.4 Å². The minimum atomic E-state index is 0.0366. The normalized spacial score (nSPS) is 23.7. The summed E-state index contributed by atoms with van der Waals surface area (Å²) in [6.07, 6.45) is 5.57. The van der Waals surface area contributed by atoms with Gasteiger partial charge in [-0.3, -0.25) is 4.79 Å². The van der Waals surface area contributed by atoms with Crippen molar-refractivity contribution < 1.29 is 4.79 Å². The molecule has 0 aromatic carbocycles. The molecule has 0 spiro atoms. The van der Waals surface area contributed by atoms with E-state index in [1.165, 1.54) is 0 Å². The maximum Gasteiger partial charge on any atom is 0.228 e. The first-order chi connectivity index (χ1) is 8.56. The van der Waals surface area contributed by atoms with Crippen LogP contribution in [0.1, 0.15) is 31.2 Å². The molecule has 4 nitrogen and oxygen atoms in total. The van der Waals surface area contributed by atoms with Crippen molar-refractivity contribution in [1.82, 2.24) is 4.98 Å². The number of carbonyl (C=O) groups excluding carboxylic acids is 1. The van der Waals surface area contributed by atoms with E-state index in [9.17, 15) is 4.79 Å². The zero-order chi connectivity index (χ0) is 13.1. The van der Waals surface area contributed by atoms with Crippen molar-refractivity contribution in [1.29, 1.82) is 0 Å². The minimum absolute atomic E-state index is 0.0366. The molecule has 2 atom stereocenters. The average Bonchev–Trinajstić information content (AvgIpc) is 2.34. The van der Waals surface area contributed by atoms with Gasteiger partial charge < -0.3 is 11.1 Å². The third-order valence-electron chi connectivity index (χ3n) is 3.37. The molecular weight excluding hydrogens is 341 g/mol. The zero-order valence-corrected chi connectivity index (χ0v) is 12.6. The van der Waals surface area contributed by atoms with Crippen LogP contribution in [0.2, 0.25) is 0 Å². The number of nitrogens with zero attached hydrogens (tertiary/aromatic N) is 1. The largest absolute Gasteiger partial charge is 0.328 e. The maximum atomic E-state index is 12.1. The Morgan fingerprint density at radius 2 is 2.33 bits per heavy atom. The van der Waals surface area contributed by atoms with Crippen molar-refractivity contribution in [2.45, 2.75) is 38.6 Å². The number of pyridine rings is 1. The fraction of sp³-hybridized carbons (Fsp3) is 0.538. The van der Waals surface area contributed by atoms with Crippen LogP contribution in [0.5, 0.6) is 0 Å². The van der Waals surface area contributed by atoms with E-state index in [1.54, 1.807) is 6.20 Å². The lowest BCUT2D eigenvalue weighted by molar-refractivity contribution is -0.120. The standard InChI is InChI=1S/C13H18IN3O/c1-8-7-16-12(6-11(8)14)17-13(18)9-3-2-4-10(15)5-9/h6-7,9-10H,2-5,15H2,1H3,(H,16,17,18)/t9-,10+/m1/s1. The molecule has 1 aliphatic rings. The number of nitrogens with two attached hydrogens (primary N) is 1. The highest BCUT2D eigenvalue weighted by Gasteiger charge is 2.25. The Kier molecular flexibility index (Phi) is 4.55. The first kappa shape index (κ1) is 13.7. The number of rotatable bonds is 2. The smallest absolute Gasteiger partial charge is 0.228 e. The highest BCUT2D eigenvalue weighted by atomic mass is 127. The number of aryl methyl sites for hydroxylation is 1. The van der Waals surface area contributed by atoms with Gasteiger partial charge in [0.15, 0.2) is 0 Å². The Hall–Kier alpha value is -0.690. The number of halogens is 1. The minimum Gasteiger partial charge on any atom is -0.328 e. The van der Waals surface area contributed by atoms with Crippen molar-refractivity contribution in [3.8, 4) is 0 Å². The number of nitrogens with one attached hydrogen (secondary N) is 1. The molecule has 0 bridgehead atoms. The number of aromatic nitrogens is 1. The monoisotopic (exact) mass is 359 g/mol. The van der Waals surface area contributed by atoms with Crippen LogP contribution < -0.4 is 11.1 Å². The number of amides is 1. The first-order valence-electron chi connectivity index (χ1n) is 6.25. The molecule has 1 heterocycles. The topological polar surface area (TPSA) is 68.0 Å². The number of anilines is 1. The predicted octanol–water partition coefficient (Wildman–Crippen LogP) is 2.45. The van der Waals surface area contributed by atoms with Crippen molar-refractivity contribution >= 4 is 34.3 Å². The maximum absolute atomic E-state index is 12.1. The van der Waals surface area contributed by atoms with E-state index in [0.717, 1.165) is 34.8 Å². The fourth-order valence-electron chi connectivity index (χ4n) is 2.26. The fourth-order valence-corrected chi connectivity index (χ4v) is 2.70. The van der Waals surface area contributed by atoms with Crippen LogP contribution in [0.25, 0.3) is 0 Å². The molecule has 3 N–H and O–H groups in total. The van der Waals surface area contributed by atoms with Crippen LogP contribution in [0, 0.1) is 16.4 Å². The molecule has 0 radical (unpaired) electrons. The van der Waals surface area contributed by atoms with Gasteiger partial charge in [0.2, 0.25) is 5.91 Å². The van der Waals surface area contributed by atoms with E-state index in [0.29, 0.717) is 5.82 Å². The predicted molar refractivity (Wildman–Crippen MR) is 80.3 cm³/mol. The molecule has 0 saturated heterocycles. The second-order valence-electron chi connectivity index (χ2n) is 4.93. The third kappa shape index (κ3) is 3.41. The lowest BCUT2D eigenvalue weighted by atomic mass is 9.85. The molecule has 1 amide bonds. The van der Waals surface area contributed by atoms with Crippen LogP contribution >= 0.6 is 22.6 Å². The summed E-state index contributed by atoms with van der Waals surface area (Å²) in [7, 11) is 0. The second-order valence-corrected chi connectivity index (χ2v) is 6.09. The summed E-state index contributed by atoms with van der Waals surface area (Å²) in [5.41, 5.74) is 7.02. The first-order valence-corrected chi connectivity index (χ1v) is 7.32. The van der Waals surface area contributed by atoms with Crippen LogP contribution in [-0.2, 0) is 4.79 Å². The van der Waals surface area contributed by atoms with Gasteiger partial charge in [-0.25, -0.2) is 4.98 Å². The molecular formula is C13H18IN3O. The van der Waals surface area contributed by atoms with E-state index >= 15 is 0 Å². The van der Waals surface area contributed by atoms with Crippen LogP contribution in [0.15, 0.2) is 12.3 Å². The van der Waals surface area contributed by atoms with Gasteiger partial charge in [0, 0.05) is 21.7 Å². The van der Waals surface area contributed by atoms with Gasteiger partial charge in [-0.15, -0.1) is 0 Å². The molecule has 18 heavy (non-hydrogen) atoms. The van der Waals surface area contributed by atoms with Crippen LogP contribution in [0.3, 0.4) is 0 Å². The third-order valence-corrected chi connectivity index (χ3v) is 4.54.